The number of aryl methyl sites for hydroxylation is 1. The van der Waals surface area contributed by atoms with Gasteiger partial charge in [0, 0.05) is 34.0 Å². The van der Waals surface area contributed by atoms with Crippen molar-refractivity contribution in [3.05, 3.63) is 93.9 Å². The van der Waals surface area contributed by atoms with Gasteiger partial charge in [0.05, 0.1) is 5.69 Å². The van der Waals surface area contributed by atoms with Crippen LogP contribution in [0.5, 0.6) is 0 Å². The fourth-order valence-electron chi connectivity index (χ4n) is 3.10. The third kappa shape index (κ3) is 3.75. The van der Waals surface area contributed by atoms with Crippen LogP contribution in [0.15, 0.2) is 78.4 Å². The van der Waals surface area contributed by atoms with Crippen molar-refractivity contribution >= 4 is 34.5 Å². The van der Waals surface area contributed by atoms with E-state index in [-0.39, 0.29) is 5.91 Å². The molecule has 3 nitrogen and oxygen atoms in total. The SMILES string of the molecule is CCc1ccc(NC(=O)c2scc(-c3ccc(Cl)cc3)c2-n2cccc2)cc1. The zero-order chi connectivity index (χ0) is 19.5. The molecule has 0 atom stereocenters. The Morgan fingerprint density at radius 2 is 1.71 bits per heavy atom. The molecule has 0 bridgehead atoms. The second kappa shape index (κ2) is 8.05. The highest BCUT2D eigenvalue weighted by molar-refractivity contribution is 7.13. The van der Waals surface area contributed by atoms with E-state index < -0.39 is 0 Å². The van der Waals surface area contributed by atoms with Crippen molar-refractivity contribution in [1.29, 1.82) is 0 Å². The number of hydrogen-bond donors (Lipinski definition) is 1. The van der Waals surface area contributed by atoms with E-state index in [0.29, 0.717) is 9.90 Å². The lowest BCUT2D eigenvalue weighted by Gasteiger charge is -2.10. The number of nitrogens with one attached hydrogen (secondary N) is 1. The fourth-order valence-corrected chi connectivity index (χ4v) is 4.19. The number of rotatable bonds is 5. The van der Waals surface area contributed by atoms with Gasteiger partial charge >= 0.3 is 0 Å². The van der Waals surface area contributed by atoms with E-state index in [4.69, 9.17) is 11.6 Å². The minimum Gasteiger partial charge on any atom is -0.322 e. The molecule has 1 N–H and O–H groups in total. The van der Waals surface area contributed by atoms with Crippen molar-refractivity contribution in [2.24, 2.45) is 0 Å². The number of hydrogen-bond acceptors (Lipinski definition) is 2. The van der Waals surface area contributed by atoms with Gasteiger partial charge in [-0.3, -0.25) is 4.79 Å². The van der Waals surface area contributed by atoms with E-state index in [9.17, 15) is 4.79 Å². The van der Waals surface area contributed by atoms with Gasteiger partial charge in [-0.15, -0.1) is 11.3 Å². The summed E-state index contributed by atoms with van der Waals surface area (Å²) in [5.74, 6) is -0.113. The first-order chi connectivity index (χ1) is 13.7. The zero-order valence-corrected chi connectivity index (χ0v) is 16.9. The van der Waals surface area contributed by atoms with Gasteiger partial charge in [0.15, 0.2) is 0 Å². The molecule has 0 aliphatic rings. The second-order valence-corrected chi connectivity index (χ2v) is 7.75. The predicted octanol–water partition coefficient (Wildman–Crippen LogP) is 6.67. The Balaban J connectivity index is 1.72. The molecular formula is C23H19ClN2OS. The molecule has 0 aliphatic carbocycles. The Bertz CT molecular complexity index is 1080. The summed E-state index contributed by atoms with van der Waals surface area (Å²) in [7, 11) is 0. The molecule has 0 aliphatic heterocycles. The maximum atomic E-state index is 13.0. The van der Waals surface area contributed by atoms with Crippen LogP contribution >= 0.6 is 22.9 Å². The van der Waals surface area contributed by atoms with Crippen LogP contribution in [-0.4, -0.2) is 10.5 Å². The van der Waals surface area contributed by atoms with E-state index in [1.165, 1.54) is 16.9 Å². The van der Waals surface area contributed by atoms with Gasteiger partial charge in [-0.25, -0.2) is 0 Å². The largest absolute Gasteiger partial charge is 0.322 e. The summed E-state index contributed by atoms with van der Waals surface area (Å²) < 4.78 is 1.98. The summed E-state index contributed by atoms with van der Waals surface area (Å²) in [6.45, 7) is 2.11. The van der Waals surface area contributed by atoms with Crippen molar-refractivity contribution in [2.45, 2.75) is 13.3 Å². The number of thiophene rings is 1. The Labute approximate surface area is 173 Å². The van der Waals surface area contributed by atoms with Crippen LogP contribution in [0.3, 0.4) is 0 Å². The van der Waals surface area contributed by atoms with E-state index >= 15 is 0 Å². The van der Waals surface area contributed by atoms with Gasteiger partial charge in [0.2, 0.25) is 0 Å². The number of halogens is 1. The van der Waals surface area contributed by atoms with Gasteiger partial charge in [0.25, 0.3) is 5.91 Å². The van der Waals surface area contributed by atoms with Gasteiger partial charge in [-0.05, 0) is 53.9 Å². The summed E-state index contributed by atoms with van der Waals surface area (Å²) in [5, 5.41) is 5.73. The molecule has 2 heterocycles. The molecular weight excluding hydrogens is 388 g/mol. The van der Waals surface area contributed by atoms with Crippen molar-refractivity contribution < 1.29 is 4.79 Å². The minimum absolute atomic E-state index is 0.113. The average molecular weight is 407 g/mol. The summed E-state index contributed by atoms with van der Waals surface area (Å²) in [5.41, 5.74) is 4.94. The number of carbonyl (C=O) groups is 1. The second-order valence-electron chi connectivity index (χ2n) is 6.43. The van der Waals surface area contributed by atoms with Crippen LogP contribution in [0.1, 0.15) is 22.2 Å². The predicted molar refractivity (Wildman–Crippen MR) is 118 cm³/mol. The lowest BCUT2D eigenvalue weighted by atomic mass is 10.1. The number of benzene rings is 2. The Hall–Kier alpha value is -2.82. The molecule has 2 aromatic heterocycles. The van der Waals surface area contributed by atoms with Gasteiger partial charge in [0.1, 0.15) is 4.88 Å². The first-order valence-electron chi connectivity index (χ1n) is 9.07. The Kier molecular flexibility index (Phi) is 5.33. The molecule has 0 unspecified atom stereocenters. The molecule has 4 aromatic rings. The van der Waals surface area contributed by atoms with Gasteiger partial charge < -0.3 is 9.88 Å². The summed E-state index contributed by atoms with van der Waals surface area (Å²) in [4.78, 5) is 13.7. The van der Waals surface area contributed by atoms with Crippen LogP contribution in [0.4, 0.5) is 5.69 Å². The van der Waals surface area contributed by atoms with E-state index in [0.717, 1.165) is 28.9 Å². The molecule has 28 heavy (non-hydrogen) atoms. The monoisotopic (exact) mass is 406 g/mol. The van der Waals surface area contributed by atoms with Crippen LogP contribution in [0, 0.1) is 0 Å². The van der Waals surface area contributed by atoms with Crippen LogP contribution < -0.4 is 5.32 Å². The van der Waals surface area contributed by atoms with Crippen molar-refractivity contribution in [3.8, 4) is 16.8 Å². The summed E-state index contributed by atoms with van der Waals surface area (Å²) in [6, 6.07) is 19.5. The molecule has 0 radical (unpaired) electrons. The van der Waals surface area contributed by atoms with E-state index in [1.54, 1.807) is 0 Å². The highest BCUT2D eigenvalue weighted by Gasteiger charge is 2.20. The van der Waals surface area contributed by atoms with E-state index in [2.05, 4.69) is 12.2 Å². The van der Waals surface area contributed by atoms with Crippen molar-refractivity contribution in [2.75, 3.05) is 5.32 Å². The molecule has 140 valence electrons. The lowest BCUT2D eigenvalue weighted by Crippen LogP contribution is -2.13. The fraction of sp³-hybridized carbons (Fsp3) is 0.0870. The number of nitrogens with zero attached hydrogens (tertiary/aromatic N) is 1. The maximum Gasteiger partial charge on any atom is 0.267 e. The first kappa shape index (κ1) is 18.5. The third-order valence-corrected chi connectivity index (χ3v) is 5.83. The number of anilines is 1. The molecule has 0 saturated carbocycles. The molecule has 2 aromatic carbocycles. The molecule has 5 heteroatoms. The first-order valence-corrected chi connectivity index (χ1v) is 10.3. The Morgan fingerprint density at radius 1 is 1.04 bits per heavy atom. The highest BCUT2D eigenvalue weighted by Crippen LogP contribution is 2.36. The molecule has 4 rings (SSSR count). The zero-order valence-electron chi connectivity index (χ0n) is 15.4. The minimum atomic E-state index is -0.113. The summed E-state index contributed by atoms with van der Waals surface area (Å²) in [6.07, 6.45) is 4.88. The molecule has 1 amide bonds. The normalized spacial score (nSPS) is 10.8. The van der Waals surface area contributed by atoms with Crippen LogP contribution in [0.25, 0.3) is 16.8 Å². The topological polar surface area (TPSA) is 34.0 Å². The number of amides is 1. The molecule has 0 saturated heterocycles. The van der Waals surface area contributed by atoms with Crippen molar-refractivity contribution in [3.63, 3.8) is 0 Å². The standard InChI is InChI=1S/C23H19ClN2OS/c1-2-16-5-11-19(12-6-16)25-23(27)22-21(26-13-3-4-14-26)20(15-28-22)17-7-9-18(24)10-8-17/h3-15H,2H2,1H3,(H,25,27). The molecule has 0 fully saturated rings. The highest BCUT2D eigenvalue weighted by atomic mass is 35.5. The maximum absolute atomic E-state index is 13.0. The number of aromatic nitrogens is 1. The summed E-state index contributed by atoms with van der Waals surface area (Å²) >= 11 is 7.48. The third-order valence-electron chi connectivity index (χ3n) is 4.61. The van der Waals surface area contributed by atoms with Gasteiger partial charge in [-0.2, -0.15) is 0 Å². The quantitative estimate of drug-likeness (QED) is 0.394. The van der Waals surface area contributed by atoms with Crippen molar-refractivity contribution in [1.82, 2.24) is 4.57 Å². The van der Waals surface area contributed by atoms with Crippen LogP contribution in [0.2, 0.25) is 5.02 Å². The van der Waals surface area contributed by atoms with E-state index in [1.807, 2.05) is 83.0 Å². The van der Waals surface area contributed by atoms with Gasteiger partial charge in [-0.1, -0.05) is 42.8 Å². The molecule has 0 spiro atoms. The lowest BCUT2D eigenvalue weighted by molar-refractivity contribution is 0.103. The smallest absolute Gasteiger partial charge is 0.267 e. The Morgan fingerprint density at radius 3 is 2.36 bits per heavy atom. The van der Waals surface area contributed by atoms with Crippen LogP contribution in [-0.2, 0) is 6.42 Å². The average Bonchev–Trinajstić information content (AvgIpc) is 3.38. The number of carbonyl (C=O) groups excluding carboxylic acids is 1.